The van der Waals surface area contributed by atoms with E-state index in [0.29, 0.717) is 29.1 Å². The molecule has 2 aromatic rings. The molecule has 0 amide bonds. The van der Waals surface area contributed by atoms with Crippen LogP contribution in [0.2, 0.25) is 5.15 Å². The Balaban J connectivity index is 1.87. The van der Waals surface area contributed by atoms with Gasteiger partial charge >= 0.3 is 5.15 Å². The van der Waals surface area contributed by atoms with Gasteiger partial charge in [0.05, 0.1) is 5.56 Å². The van der Waals surface area contributed by atoms with Crippen molar-refractivity contribution in [3.63, 3.8) is 0 Å². The van der Waals surface area contributed by atoms with Gasteiger partial charge in [0.2, 0.25) is 0 Å². The van der Waals surface area contributed by atoms with Crippen molar-refractivity contribution in [3.05, 3.63) is 40.3 Å². The summed E-state index contributed by atoms with van der Waals surface area (Å²) in [5.74, 6) is 0.288. The second kappa shape index (κ2) is 5.66. The van der Waals surface area contributed by atoms with Gasteiger partial charge in [0.1, 0.15) is 18.1 Å². The molecule has 0 atom stereocenters. The third kappa shape index (κ3) is 2.57. The Hall–Kier alpha value is -2.40. The number of rotatable bonds is 2. The third-order valence-electron chi connectivity index (χ3n) is 4.13. The Morgan fingerprint density at radius 2 is 2.17 bits per heavy atom. The molecule has 2 aromatic heterocycles. The number of hydrogen-bond donors (Lipinski definition) is 0. The monoisotopic (exact) mass is 336 g/mol. The number of aromatic nitrogens is 4. The molecule has 0 bridgehead atoms. The van der Waals surface area contributed by atoms with Gasteiger partial charge in [-0.1, -0.05) is 0 Å². The first-order chi connectivity index (χ1) is 11.0. The highest BCUT2D eigenvalue weighted by Crippen LogP contribution is 2.38. The number of hydrogen-bond acceptors (Lipinski definition) is 5. The van der Waals surface area contributed by atoms with E-state index in [-0.39, 0.29) is 23.8 Å². The van der Waals surface area contributed by atoms with Crippen molar-refractivity contribution < 1.29 is 9.12 Å². The van der Waals surface area contributed by atoms with Crippen LogP contribution in [0.4, 0.5) is 10.1 Å². The normalized spacial score (nSPS) is 17.0. The molecular formula is C14H14ClFN6O. The number of nitrogens with zero attached hydrogens (tertiary/aromatic N) is 6. The Morgan fingerprint density at radius 1 is 1.48 bits per heavy atom. The molecule has 9 heteroatoms. The van der Waals surface area contributed by atoms with Gasteiger partial charge < -0.3 is 14.7 Å². The van der Waals surface area contributed by atoms with E-state index in [1.807, 2.05) is 6.07 Å². The molecule has 0 aliphatic carbocycles. The molecule has 0 aromatic carbocycles. The highest BCUT2D eigenvalue weighted by atomic mass is 35.5. The fourth-order valence-electron chi connectivity index (χ4n) is 2.89. The molecular weight excluding hydrogens is 323 g/mol. The minimum atomic E-state index is -1.58. The molecule has 1 aliphatic heterocycles. The van der Waals surface area contributed by atoms with Gasteiger partial charge in [-0.25, -0.2) is 4.39 Å². The van der Waals surface area contributed by atoms with E-state index in [9.17, 15) is 10.5 Å². The molecule has 0 radical (unpaired) electrons. The SMILES string of the molecule is Cn1cnnc1C1(F)CCN(c2c(C#N)cc[n+]([O-])c2Cl)CC1. The van der Waals surface area contributed by atoms with Crippen molar-refractivity contribution in [3.8, 4) is 6.07 Å². The van der Waals surface area contributed by atoms with Gasteiger partial charge in [0, 0.05) is 39.0 Å². The van der Waals surface area contributed by atoms with Crippen molar-refractivity contribution in [2.75, 3.05) is 18.0 Å². The zero-order valence-corrected chi connectivity index (χ0v) is 13.2. The topological polar surface area (TPSA) is 84.7 Å². The quantitative estimate of drug-likeness (QED) is 0.470. The number of pyridine rings is 1. The van der Waals surface area contributed by atoms with Gasteiger partial charge in [-0.2, -0.15) is 9.99 Å². The minimum Gasteiger partial charge on any atom is -0.618 e. The minimum absolute atomic E-state index is 0.0749. The molecule has 0 unspecified atom stereocenters. The zero-order valence-electron chi connectivity index (χ0n) is 12.4. The van der Waals surface area contributed by atoms with Crippen LogP contribution in [0, 0.1) is 16.5 Å². The summed E-state index contributed by atoms with van der Waals surface area (Å²) in [6.07, 6.45) is 3.00. The summed E-state index contributed by atoms with van der Waals surface area (Å²) >= 11 is 6.04. The van der Waals surface area contributed by atoms with Gasteiger partial charge in [0.15, 0.2) is 17.7 Å². The van der Waals surface area contributed by atoms with Crippen molar-refractivity contribution in [2.45, 2.75) is 18.5 Å². The van der Waals surface area contributed by atoms with E-state index < -0.39 is 5.67 Å². The predicted octanol–water partition coefficient (Wildman–Crippen LogP) is 1.44. The first-order valence-electron chi connectivity index (χ1n) is 7.06. The van der Waals surface area contributed by atoms with Crippen LogP contribution in [0.5, 0.6) is 0 Å². The lowest BCUT2D eigenvalue weighted by Crippen LogP contribution is -2.43. The molecule has 3 rings (SSSR count). The molecule has 1 aliphatic rings. The molecule has 0 spiro atoms. The Bertz CT molecular complexity index is 778. The summed E-state index contributed by atoms with van der Waals surface area (Å²) in [5.41, 5.74) is -0.928. The Kier molecular flexibility index (Phi) is 3.82. The lowest BCUT2D eigenvalue weighted by molar-refractivity contribution is -0.602. The largest absolute Gasteiger partial charge is 0.618 e. The van der Waals surface area contributed by atoms with E-state index in [4.69, 9.17) is 11.6 Å². The number of piperidine rings is 1. The van der Waals surface area contributed by atoms with Crippen molar-refractivity contribution in [2.24, 2.45) is 7.05 Å². The first-order valence-corrected chi connectivity index (χ1v) is 7.44. The lowest BCUT2D eigenvalue weighted by Gasteiger charge is -2.36. The number of aryl methyl sites for hydroxylation is 1. The first kappa shape index (κ1) is 15.5. The van der Waals surface area contributed by atoms with Crippen molar-refractivity contribution in [1.82, 2.24) is 14.8 Å². The zero-order chi connectivity index (χ0) is 16.6. The van der Waals surface area contributed by atoms with Crippen molar-refractivity contribution in [1.29, 1.82) is 5.26 Å². The Morgan fingerprint density at radius 3 is 2.74 bits per heavy atom. The maximum absolute atomic E-state index is 15.1. The molecule has 23 heavy (non-hydrogen) atoms. The van der Waals surface area contributed by atoms with Crippen LogP contribution in [-0.2, 0) is 12.7 Å². The van der Waals surface area contributed by atoms with E-state index in [2.05, 4.69) is 10.2 Å². The van der Waals surface area contributed by atoms with Gasteiger partial charge in [0.25, 0.3) is 0 Å². The van der Waals surface area contributed by atoms with E-state index in [0.717, 1.165) is 0 Å². The smallest absolute Gasteiger partial charge is 0.311 e. The average Bonchev–Trinajstić information content (AvgIpc) is 2.98. The summed E-state index contributed by atoms with van der Waals surface area (Å²) in [6, 6.07) is 3.43. The van der Waals surface area contributed by atoms with Crippen LogP contribution < -0.4 is 9.63 Å². The van der Waals surface area contributed by atoms with Crippen LogP contribution in [0.1, 0.15) is 24.2 Å². The second-order valence-corrected chi connectivity index (χ2v) is 5.88. The standard InChI is InChI=1S/C14H14ClFN6O/c1-20-9-18-19-13(20)14(16)3-6-21(7-4-14)11-10(8-17)2-5-22(23)12(11)15/h2,5,9H,3-4,6-7H2,1H3. The molecule has 7 nitrogen and oxygen atoms in total. The van der Waals surface area contributed by atoms with Gasteiger partial charge in [-0.3, -0.25) is 0 Å². The summed E-state index contributed by atoms with van der Waals surface area (Å²) in [4.78, 5) is 1.77. The summed E-state index contributed by atoms with van der Waals surface area (Å²) in [5, 5.41) is 28.4. The van der Waals surface area contributed by atoms with E-state index in [1.54, 1.807) is 16.5 Å². The fraction of sp³-hybridized carbons (Fsp3) is 0.429. The number of alkyl halides is 1. The maximum atomic E-state index is 15.1. The Labute approximate surface area is 137 Å². The maximum Gasteiger partial charge on any atom is 0.311 e. The number of anilines is 1. The molecule has 120 valence electrons. The van der Waals surface area contributed by atoms with Crippen LogP contribution >= 0.6 is 11.6 Å². The number of nitriles is 1. The molecule has 0 N–H and O–H groups in total. The number of halogens is 2. The highest BCUT2D eigenvalue weighted by molar-refractivity contribution is 6.31. The van der Waals surface area contributed by atoms with Gasteiger partial charge in [-0.05, 0) is 11.6 Å². The van der Waals surface area contributed by atoms with Gasteiger partial charge in [-0.15, -0.1) is 10.2 Å². The molecule has 0 saturated carbocycles. The summed E-state index contributed by atoms with van der Waals surface area (Å²) < 4.78 is 17.2. The van der Waals surface area contributed by atoms with E-state index >= 15 is 4.39 Å². The predicted molar refractivity (Wildman–Crippen MR) is 80.4 cm³/mol. The third-order valence-corrected chi connectivity index (χ3v) is 4.47. The fourth-order valence-corrected chi connectivity index (χ4v) is 3.17. The second-order valence-electron chi connectivity index (χ2n) is 5.52. The summed E-state index contributed by atoms with van der Waals surface area (Å²) in [6.45, 7) is 0.642. The highest BCUT2D eigenvalue weighted by Gasteiger charge is 2.41. The lowest BCUT2D eigenvalue weighted by atomic mass is 9.92. The average molecular weight is 337 g/mol. The molecule has 1 saturated heterocycles. The van der Waals surface area contributed by atoms with E-state index in [1.165, 1.54) is 18.6 Å². The molecule has 3 heterocycles. The van der Waals surface area contributed by atoms with Crippen LogP contribution in [0.3, 0.4) is 0 Å². The van der Waals surface area contributed by atoms with Crippen LogP contribution in [0.15, 0.2) is 18.6 Å². The van der Waals surface area contributed by atoms with Crippen LogP contribution in [0.25, 0.3) is 0 Å². The van der Waals surface area contributed by atoms with Crippen LogP contribution in [-0.4, -0.2) is 27.9 Å². The summed E-state index contributed by atoms with van der Waals surface area (Å²) in [7, 11) is 1.70. The van der Waals surface area contributed by atoms with Crippen molar-refractivity contribution >= 4 is 17.3 Å². The molecule has 1 fully saturated rings.